The van der Waals surface area contributed by atoms with Gasteiger partial charge in [0.1, 0.15) is 6.54 Å². The van der Waals surface area contributed by atoms with Crippen molar-refractivity contribution in [1.29, 1.82) is 0 Å². The first-order valence-electron chi connectivity index (χ1n) is 10.1. The molecule has 0 unspecified atom stereocenters. The highest BCUT2D eigenvalue weighted by atomic mass is 32.2. The van der Waals surface area contributed by atoms with Crippen LogP contribution in [0.4, 0.5) is 11.4 Å². The van der Waals surface area contributed by atoms with Gasteiger partial charge in [0.05, 0.1) is 15.5 Å². The molecule has 3 aromatic carbocycles. The van der Waals surface area contributed by atoms with Gasteiger partial charge in [-0.1, -0.05) is 38.1 Å². The molecule has 0 fully saturated rings. The largest absolute Gasteiger partial charge is 0.325 e. The Morgan fingerprint density at radius 3 is 2.22 bits per heavy atom. The minimum Gasteiger partial charge on any atom is -0.325 e. The van der Waals surface area contributed by atoms with Crippen molar-refractivity contribution >= 4 is 48.1 Å². The maximum absolute atomic E-state index is 13.0. The number of carbonyl (C=O) groups excluding carboxylic acids is 1. The van der Waals surface area contributed by atoms with E-state index in [0.29, 0.717) is 29.9 Å². The number of hydrogen-bond donors (Lipinski definition) is 1. The molecule has 1 aliphatic heterocycles. The zero-order chi connectivity index (χ0) is 23.1. The van der Waals surface area contributed by atoms with Crippen LogP contribution in [0.15, 0.2) is 70.5 Å². The number of benzene rings is 3. The van der Waals surface area contributed by atoms with Crippen molar-refractivity contribution in [2.75, 3.05) is 29.3 Å². The van der Waals surface area contributed by atoms with Crippen LogP contribution < -0.4 is 9.62 Å². The van der Waals surface area contributed by atoms with Gasteiger partial charge in [0, 0.05) is 24.2 Å². The molecule has 1 N–H and O–H groups in total. The fourth-order valence-electron chi connectivity index (χ4n) is 3.88. The first-order chi connectivity index (χ1) is 15.2. The standard InChI is InChI=1S/C22H23N3O5S2/c1-3-24(4-2)31(27,28)18-13-11-17(12-14-18)23-21(26)15-25-19-9-5-7-16-8-6-10-20(22(16)19)32(25,29)30/h5-14H,3-4,15H2,1-2H3,(H,23,26). The summed E-state index contributed by atoms with van der Waals surface area (Å²) < 4.78 is 53.6. The smallest absolute Gasteiger partial charge is 0.265 e. The van der Waals surface area contributed by atoms with Gasteiger partial charge in [0.2, 0.25) is 15.9 Å². The molecule has 1 amide bonds. The molecular formula is C22H23N3O5S2. The molecule has 8 nitrogen and oxygen atoms in total. The number of hydrogen-bond acceptors (Lipinski definition) is 5. The maximum Gasteiger partial charge on any atom is 0.265 e. The normalized spacial score (nSPS) is 14.8. The van der Waals surface area contributed by atoms with Gasteiger partial charge in [0.15, 0.2) is 0 Å². The molecule has 0 bridgehead atoms. The van der Waals surface area contributed by atoms with Gasteiger partial charge in [-0.25, -0.2) is 16.8 Å². The van der Waals surface area contributed by atoms with Gasteiger partial charge in [-0.05, 0) is 41.8 Å². The summed E-state index contributed by atoms with van der Waals surface area (Å²) in [5.41, 5.74) is 0.842. The monoisotopic (exact) mass is 473 g/mol. The Balaban J connectivity index is 1.54. The molecule has 1 heterocycles. The number of nitrogens with zero attached hydrogens (tertiary/aromatic N) is 2. The third kappa shape index (κ3) is 3.64. The highest BCUT2D eigenvalue weighted by molar-refractivity contribution is 7.93. The van der Waals surface area contributed by atoms with Crippen molar-refractivity contribution < 1.29 is 21.6 Å². The summed E-state index contributed by atoms with van der Waals surface area (Å²) in [5.74, 6) is -0.530. The van der Waals surface area contributed by atoms with Gasteiger partial charge in [-0.2, -0.15) is 4.31 Å². The maximum atomic E-state index is 13.0. The molecule has 3 aromatic rings. The summed E-state index contributed by atoms with van der Waals surface area (Å²) in [5, 5.41) is 4.04. The van der Waals surface area contributed by atoms with Gasteiger partial charge in [-0.3, -0.25) is 9.10 Å². The number of rotatable bonds is 7. The van der Waals surface area contributed by atoms with Crippen LogP contribution in [-0.4, -0.2) is 46.7 Å². The molecule has 4 rings (SSSR count). The Labute approximate surface area is 187 Å². The molecule has 0 saturated carbocycles. The first kappa shape index (κ1) is 22.3. The van der Waals surface area contributed by atoms with Crippen molar-refractivity contribution in [3.8, 4) is 0 Å². The zero-order valence-corrected chi connectivity index (χ0v) is 19.3. The molecule has 0 saturated heterocycles. The molecule has 32 heavy (non-hydrogen) atoms. The predicted octanol–water partition coefficient (Wildman–Crippen LogP) is 3.02. The van der Waals surface area contributed by atoms with E-state index in [9.17, 15) is 21.6 Å². The molecule has 0 aromatic heterocycles. The summed E-state index contributed by atoms with van der Waals surface area (Å²) >= 11 is 0. The van der Waals surface area contributed by atoms with Crippen LogP contribution in [0.5, 0.6) is 0 Å². The van der Waals surface area contributed by atoms with Crippen LogP contribution in [0.1, 0.15) is 13.8 Å². The number of amides is 1. The first-order valence-corrected chi connectivity index (χ1v) is 13.0. The van der Waals surface area contributed by atoms with E-state index in [1.165, 1.54) is 34.6 Å². The van der Waals surface area contributed by atoms with Crippen molar-refractivity contribution in [2.45, 2.75) is 23.6 Å². The molecule has 0 radical (unpaired) electrons. The quantitative estimate of drug-likeness (QED) is 0.568. The van der Waals surface area contributed by atoms with Crippen LogP contribution in [-0.2, 0) is 24.8 Å². The average Bonchev–Trinajstić information content (AvgIpc) is 2.98. The van der Waals surface area contributed by atoms with E-state index < -0.39 is 32.5 Å². The lowest BCUT2D eigenvalue weighted by atomic mass is 10.1. The van der Waals surface area contributed by atoms with E-state index in [0.717, 1.165) is 9.69 Å². The Morgan fingerprint density at radius 1 is 0.969 bits per heavy atom. The summed E-state index contributed by atoms with van der Waals surface area (Å²) in [6.07, 6.45) is 0. The highest BCUT2D eigenvalue weighted by Gasteiger charge is 2.36. The molecule has 0 spiro atoms. The van der Waals surface area contributed by atoms with Gasteiger partial charge >= 0.3 is 0 Å². The molecule has 1 aliphatic rings. The Kier molecular flexibility index (Phi) is 5.70. The minimum absolute atomic E-state index is 0.128. The van der Waals surface area contributed by atoms with Crippen LogP contribution in [0.25, 0.3) is 10.8 Å². The molecule has 0 aliphatic carbocycles. The van der Waals surface area contributed by atoms with E-state index in [2.05, 4.69) is 5.32 Å². The lowest BCUT2D eigenvalue weighted by Crippen LogP contribution is -2.35. The Morgan fingerprint density at radius 2 is 1.59 bits per heavy atom. The third-order valence-electron chi connectivity index (χ3n) is 5.45. The van der Waals surface area contributed by atoms with Crippen LogP contribution in [0.3, 0.4) is 0 Å². The Hall–Kier alpha value is -2.95. The number of sulfonamides is 2. The van der Waals surface area contributed by atoms with Crippen molar-refractivity contribution in [1.82, 2.24) is 4.31 Å². The summed E-state index contributed by atoms with van der Waals surface area (Å²) in [7, 11) is -7.44. The second-order valence-electron chi connectivity index (χ2n) is 7.30. The van der Waals surface area contributed by atoms with E-state index in [1.54, 1.807) is 32.0 Å². The summed E-state index contributed by atoms with van der Waals surface area (Å²) in [6.45, 7) is 3.85. The topological polar surface area (TPSA) is 104 Å². The van der Waals surface area contributed by atoms with Crippen LogP contribution in [0.2, 0.25) is 0 Å². The fraction of sp³-hybridized carbons (Fsp3) is 0.227. The van der Waals surface area contributed by atoms with Gasteiger partial charge < -0.3 is 5.32 Å². The Bertz CT molecular complexity index is 1390. The summed E-state index contributed by atoms with van der Waals surface area (Å²) in [4.78, 5) is 13.0. The van der Waals surface area contributed by atoms with Crippen molar-refractivity contribution in [2.24, 2.45) is 0 Å². The molecule has 0 atom stereocenters. The molecular weight excluding hydrogens is 450 g/mol. The fourth-order valence-corrected chi connectivity index (χ4v) is 7.01. The highest BCUT2D eigenvalue weighted by Crippen LogP contribution is 2.41. The van der Waals surface area contributed by atoms with Crippen LogP contribution in [0, 0.1) is 0 Å². The van der Waals surface area contributed by atoms with E-state index in [1.807, 2.05) is 12.1 Å². The lowest BCUT2D eigenvalue weighted by Gasteiger charge is -2.19. The number of carbonyl (C=O) groups is 1. The zero-order valence-electron chi connectivity index (χ0n) is 17.6. The molecule has 168 valence electrons. The lowest BCUT2D eigenvalue weighted by molar-refractivity contribution is -0.114. The predicted molar refractivity (Wildman–Crippen MR) is 124 cm³/mol. The average molecular weight is 474 g/mol. The second kappa shape index (κ2) is 8.19. The SMILES string of the molecule is CCN(CC)S(=O)(=O)c1ccc(NC(=O)CN2c3cccc4cccc(c34)S2(=O)=O)cc1. The third-order valence-corrected chi connectivity index (χ3v) is 9.32. The van der Waals surface area contributed by atoms with E-state index in [-0.39, 0.29) is 9.79 Å². The molecule has 10 heteroatoms. The van der Waals surface area contributed by atoms with E-state index in [4.69, 9.17) is 0 Å². The summed E-state index contributed by atoms with van der Waals surface area (Å²) in [6, 6.07) is 16.1. The van der Waals surface area contributed by atoms with Crippen molar-refractivity contribution in [3.05, 3.63) is 60.7 Å². The minimum atomic E-state index is -3.84. The second-order valence-corrected chi connectivity index (χ2v) is 11.1. The van der Waals surface area contributed by atoms with Gasteiger partial charge in [0.25, 0.3) is 10.0 Å². The van der Waals surface area contributed by atoms with Gasteiger partial charge in [-0.15, -0.1) is 0 Å². The van der Waals surface area contributed by atoms with Crippen LogP contribution >= 0.6 is 0 Å². The number of nitrogens with one attached hydrogen (secondary N) is 1. The van der Waals surface area contributed by atoms with E-state index >= 15 is 0 Å². The van der Waals surface area contributed by atoms with Crippen molar-refractivity contribution in [3.63, 3.8) is 0 Å². The number of anilines is 2.